The van der Waals surface area contributed by atoms with Crippen LogP contribution in [-0.2, 0) is 0 Å². The summed E-state index contributed by atoms with van der Waals surface area (Å²) in [7, 11) is 0. The zero-order chi connectivity index (χ0) is 19.2. The number of aromatic nitrogens is 2. The predicted molar refractivity (Wildman–Crippen MR) is 112 cm³/mol. The van der Waals surface area contributed by atoms with E-state index < -0.39 is 5.82 Å². The molecule has 0 aliphatic heterocycles. The van der Waals surface area contributed by atoms with Crippen molar-refractivity contribution in [3.05, 3.63) is 66.6 Å². The molecule has 6 heteroatoms. The van der Waals surface area contributed by atoms with E-state index in [1.165, 1.54) is 25.5 Å². The maximum atomic E-state index is 14.1. The van der Waals surface area contributed by atoms with Crippen molar-refractivity contribution < 1.29 is 4.39 Å². The van der Waals surface area contributed by atoms with E-state index in [0.717, 1.165) is 29.9 Å². The lowest BCUT2D eigenvalue weighted by Crippen LogP contribution is -2.23. The highest BCUT2D eigenvalue weighted by molar-refractivity contribution is 5.64. The van der Waals surface area contributed by atoms with Crippen LogP contribution >= 0.6 is 0 Å². The van der Waals surface area contributed by atoms with Gasteiger partial charge in [-0.25, -0.2) is 9.37 Å². The Morgan fingerprint density at radius 3 is 2.14 bits per heavy atom. The Morgan fingerprint density at radius 2 is 1.43 bits per heavy atom. The van der Waals surface area contributed by atoms with Crippen LogP contribution in [0.1, 0.15) is 32.1 Å². The van der Waals surface area contributed by atoms with Crippen LogP contribution in [0.15, 0.2) is 60.8 Å². The molecule has 5 nitrogen and oxygen atoms in total. The van der Waals surface area contributed by atoms with Gasteiger partial charge in [0.25, 0.3) is 0 Å². The van der Waals surface area contributed by atoms with E-state index in [0.29, 0.717) is 5.95 Å². The molecule has 144 valence electrons. The first-order chi connectivity index (χ1) is 13.8. The maximum absolute atomic E-state index is 14.1. The summed E-state index contributed by atoms with van der Waals surface area (Å²) >= 11 is 0. The second-order valence-electron chi connectivity index (χ2n) is 7.06. The summed E-state index contributed by atoms with van der Waals surface area (Å²) in [5.74, 6) is 0.230. The van der Waals surface area contributed by atoms with Gasteiger partial charge in [0.1, 0.15) is 0 Å². The highest BCUT2D eigenvalue weighted by Gasteiger charge is 2.16. The van der Waals surface area contributed by atoms with Gasteiger partial charge in [0.2, 0.25) is 5.95 Å². The van der Waals surface area contributed by atoms with Gasteiger partial charge < -0.3 is 16.0 Å². The van der Waals surface area contributed by atoms with E-state index in [1.807, 2.05) is 54.6 Å². The third-order valence-electron chi connectivity index (χ3n) is 4.89. The van der Waals surface area contributed by atoms with Crippen molar-refractivity contribution in [1.82, 2.24) is 9.97 Å². The minimum atomic E-state index is -0.418. The summed E-state index contributed by atoms with van der Waals surface area (Å²) in [6.07, 6.45) is 6.94. The molecule has 3 aromatic rings. The highest BCUT2D eigenvalue weighted by atomic mass is 19.1. The third kappa shape index (κ3) is 4.76. The summed E-state index contributed by atoms with van der Waals surface area (Å²) in [6.45, 7) is 0. The van der Waals surface area contributed by atoms with Crippen LogP contribution in [0, 0.1) is 5.82 Å². The molecule has 4 rings (SSSR count). The molecule has 0 saturated heterocycles. The van der Waals surface area contributed by atoms with Crippen molar-refractivity contribution in [1.29, 1.82) is 0 Å². The zero-order valence-corrected chi connectivity index (χ0v) is 15.7. The molecular formula is C22H24FN5. The fraction of sp³-hybridized carbons (Fsp3) is 0.273. The van der Waals surface area contributed by atoms with Crippen LogP contribution in [0.2, 0.25) is 0 Å². The Labute approximate surface area is 164 Å². The molecule has 0 unspecified atom stereocenters. The molecule has 0 atom stereocenters. The molecule has 2 aromatic carbocycles. The van der Waals surface area contributed by atoms with Crippen LogP contribution in [0.3, 0.4) is 0 Å². The Morgan fingerprint density at radius 1 is 0.786 bits per heavy atom. The SMILES string of the molecule is Fc1cnc(Nc2ccc(Nc3ccccc3)cc2)nc1NC1CCCCC1. The molecule has 1 aliphatic carbocycles. The largest absolute Gasteiger partial charge is 0.365 e. The molecule has 0 radical (unpaired) electrons. The standard InChI is InChI=1S/C22H24FN5/c23-20-15-24-22(28-21(20)26-17-9-5-2-6-10-17)27-19-13-11-18(12-14-19)25-16-7-3-1-4-8-16/h1,3-4,7-8,11-15,17,25H,2,5-6,9-10H2,(H2,24,26,27,28). The average Bonchev–Trinajstić information content (AvgIpc) is 2.73. The molecular weight excluding hydrogens is 353 g/mol. The van der Waals surface area contributed by atoms with Gasteiger partial charge in [-0.1, -0.05) is 37.5 Å². The molecule has 0 spiro atoms. The number of anilines is 5. The van der Waals surface area contributed by atoms with E-state index in [9.17, 15) is 4.39 Å². The molecule has 3 N–H and O–H groups in total. The normalized spacial score (nSPS) is 14.5. The van der Waals surface area contributed by atoms with Crippen molar-refractivity contribution in [3.8, 4) is 0 Å². The van der Waals surface area contributed by atoms with Gasteiger partial charge in [-0.15, -0.1) is 0 Å². The third-order valence-corrected chi connectivity index (χ3v) is 4.89. The van der Waals surface area contributed by atoms with Crippen LogP contribution in [0.25, 0.3) is 0 Å². The van der Waals surface area contributed by atoms with Crippen molar-refractivity contribution in [2.45, 2.75) is 38.1 Å². The lowest BCUT2D eigenvalue weighted by molar-refractivity contribution is 0.459. The summed E-state index contributed by atoms with van der Waals surface area (Å²) in [5.41, 5.74) is 2.86. The molecule has 1 saturated carbocycles. The smallest absolute Gasteiger partial charge is 0.229 e. The first kappa shape index (κ1) is 18.2. The quantitative estimate of drug-likeness (QED) is 0.503. The minimum Gasteiger partial charge on any atom is -0.365 e. The molecule has 1 fully saturated rings. The van der Waals surface area contributed by atoms with Crippen molar-refractivity contribution in [2.24, 2.45) is 0 Å². The lowest BCUT2D eigenvalue weighted by Gasteiger charge is -2.23. The minimum absolute atomic E-state index is 0.270. The number of nitrogens with zero attached hydrogens (tertiary/aromatic N) is 2. The average molecular weight is 377 g/mol. The molecule has 1 aliphatic rings. The fourth-order valence-corrected chi connectivity index (χ4v) is 3.42. The lowest BCUT2D eigenvalue weighted by atomic mass is 9.95. The van der Waals surface area contributed by atoms with Crippen molar-refractivity contribution >= 4 is 28.8 Å². The van der Waals surface area contributed by atoms with Crippen LogP contribution in [0.4, 0.5) is 33.2 Å². The van der Waals surface area contributed by atoms with Gasteiger partial charge in [-0.05, 0) is 49.2 Å². The summed E-state index contributed by atoms with van der Waals surface area (Å²) in [4.78, 5) is 8.39. The molecule has 1 aromatic heterocycles. The number of benzene rings is 2. The summed E-state index contributed by atoms with van der Waals surface area (Å²) in [6, 6.07) is 18.1. The first-order valence-electron chi connectivity index (χ1n) is 9.74. The predicted octanol–water partition coefficient (Wildman–Crippen LogP) is 5.85. The van der Waals surface area contributed by atoms with E-state index in [1.54, 1.807) is 0 Å². The second kappa shape index (κ2) is 8.69. The Kier molecular flexibility index (Phi) is 5.66. The van der Waals surface area contributed by atoms with Gasteiger partial charge in [0, 0.05) is 23.1 Å². The van der Waals surface area contributed by atoms with Crippen LogP contribution in [0.5, 0.6) is 0 Å². The number of hydrogen-bond acceptors (Lipinski definition) is 5. The van der Waals surface area contributed by atoms with E-state index in [-0.39, 0.29) is 11.9 Å². The number of nitrogens with one attached hydrogen (secondary N) is 3. The molecule has 1 heterocycles. The highest BCUT2D eigenvalue weighted by Crippen LogP contribution is 2.24. The molecule has 0 bridgehead atoms. The maximum Gasteiger partial charge on any atom is 0.229 e. The fourth-order valence-electron chi connectivity index (χ4n) is 3.42. The van der Waals surface area contributed by atoms with Crippen LogP contribution < -0.4 is 16.0 Å². The van der Waals surface area contributed by atoms with Crippen LogP contribution in [-0.4, -0.2) is 16.0 Å². The zero-order valence-electron chi connectivity index (χ0n) is 15.7. The van der Waals surface area contributed by atoms with Gasteiger partial charge in [-0.3, -0.25) is 0 Å². The monoisotopic (exact) mass is 377 g/mol. The van der Waals surface area contributed by atoms with Gasteiger partial charge in [0.05, 0.1) is 6.20 Å². The van der Waals surface area contributed by atoms with Gasteiger partial charge in [-0.2, -0.15) is 4.98 Å². The molecule has 28 heavy (non-hydrogen) atoms. The summed E-state index contributed by atoms with van der Waals surface area (Å²) < 4.78 is 14.1. The van der Waals surface area contributed by atoms with E-state index in [2.05, 4.69) is 25.9 Å². The topological polar surface area (TPSA) is 61.9 Å². The Balaban J connectivity index is 1.41. The van der Waals surface area contributed by atoms with Crippen molar-refractivity contribution in [3.63, 3.8) is 0 Å². The first-order valence-corrected chi connectivity index (χ1v) is 9.74. The number of rotatable bonds is 6. The van der Waals surface area contributed by atoms with E-state index in [4.69, 9.17) is 0 Å². The number of halogens is 1. The summed E-state index contributed by atoms with van der Waals surface area (Å²) in [5, 5.41) is 9.72. The van der Waals surface area contributed by atoms with Crippen molar-refractivity contribution in [2.75, 3.05) is 16.0 Å². The van der Waals surface area contributed by atoms with E-state index >= 15 is 0 Å². The van der Waals surface area contributed by atoms with Gasteiger partial charge in [0.15, 0.2) is 11.6 Å². The Hall–Kier alpha value is -3.15. The Bertz CT molecular complexity index is 893. The second-order valence-corrected chi connectivity index (χ2v) is 7.06. The number of para-hydroxylation sites is 1. The van der Waals surface area contributed by atoms with Gasteiger partial charge >= 0.3 is 0 Å². The number of hydrogen-bond donors (Lipinski definition) is 3. The molecule has 0 amide bonds.